The number of ether oxygens (including phenoxy) is 1. The fraction of sp³-hybridized carbons (Fsp3) is 0.826. The van der Waals surface area contributed by atoms with Gasteiger partial charge in [0.05, 0.1) is 12.2 Å². The van der Waals surface area contributed by atoms with Gasteiger partial charge in [0.2, 0.25) is 0 Å². The highest BCUT2D eigenvalue weighted by Gasteiger charge is 2.55. The maximum atomic E-state index is 6.51. The lowest BCUT2D eigenvalue weighted by Crippen LogP contribution is -2.57. The molecule has 4 aliphatic rings. The van der Waals surface area contributed by atoms with Gasteiger partial charge < -0.3 is 10.1 Å². The Bertz CT molecular complexity index is 472. The minimum absolute atomic E-state index is 0.172. The van der Waals surface area contributed by atoms with Crippen molar-refractivity contribution in [1.29, 1.82) is 0 Å². The van der Waals surface area contributed by atoms with E-state index in [2.05, 4.69) is 45.2 Å². The Balaban J connectivity index is 1.33. The lowest BCUT2D eigenvalue weighted by atomic mass is 9.50. The summed E-state index contributed by atoms with van der Waals surface area (Å²) in [6.45, 7) is 11.8. The zero-order valence-corrected chi connectivity index (χ0v) is 16.9. The number of hydrogen-bond acceptors (Lipinski definition) is 2. The first-order chi connectivity index (χ1) is 12.0. The second-order valence-corrected chi connectivity index (χ2v) is 9.41. The SMILES string of the molecule is CC(C)=CCCC(C)=CCNCCOC1(C)C2CC3CC(C2)CC1C3. The monoisotopic (exact) mass is 345 g/mol. The predicted octanol–water partition coefficient (Wildman–Crippen LogP) is 5.50. The van der Waals surface area contributed by atoms with Gasteiger partial charge in [-0.2, -0.15) is 0 Å². The lowest BCUT2D eigenvalue weighted by Gasteiger charge is -2.59. The summed E-state index contributed by atoms with van der Waals surface area (Å²) >= 11 is 0. The van der Waals surface area contributed by atoms with Gasteiger partial charge in [0.15, 0.2) is 0 Å². The summed E-state index contributed by atoms with van der Waals surface area (Å²) in [5.41, 5.74) is 3.07. The molecule has 142 valence electrons. The van der Waals surface area contributed by atoms with E-state index in [1.165, 1.54) is 49.7 Å². The van der Waals surface area contributed by atoms with Gasteiger partial charge in [-0.3, -0.25) is 0 Å². The van der Waals surface area contributed by atoms with Crippen molar-refractivity contribution >= 4 is 0 Å². The van der Waals surface area contributed by atoms with E-state index in [1.54, 1.807) is 0 Å². The van der Waals surface area contributed by atoms with Crippen LogP contribution in [0.2, 0.25) is 0 Å². The smallest absolute Gasteiger partial charge is 0.0711 e. The molecule has 4 saturated carbocycles. The van der Waals surface area contributed by atoms with Gasteiger partial charge in [0.1, 0.15) is 0 Å². The van der Waals surface area contributed by atoms with Gasteiger partial charge in [-0.1, -0.05) is 23.3 Å². The van der Waals surface area contributed by atoms with Crippen molar-refractivity contribution in [1.82, 2.24) is 5.32 Å². The zero-order valence-electron chi connectivity index (χ0n) is 16.9. The molecule has 4 aliphatic carbocycles. The molecule has 0 aliphatic heterocycles. The summed E-state index contributed by atoms with van der Waals surface area (Å²) in [4.78, 5) is 0. The molecular weight excluding hydrogens is 306 g/mol. The van der Waals surface area contributed by atoms with Gasteiger partial charge in [-0.15, -0.1) is 0 Å². The van der Waals surface area contributed by atoms with Gasteiger partial charge in [-0.05, 0) is 96.3 Å². The van der Waals surface area contributed by atoms with Crippen molar-refractivity contribution in [3.63, 3.8) is 0 Å². The molecule has 0 aromatic rings. The van der Waals surface area contributed by atoms with E-state index < -0.39 is 0 Å². The van der Waals surface area contributed by atoms with Crippen LogP contribution in [0.5, 0.6) is 0 Å². The molecule has 0 saturated heterocycles. The minimum atomic E-state index is 0.172. The van der Waals surface area contributed by atoms with Crippen LogP contribution in [-0.4, -0.2) is 25.3 Å². The van der Waals surface area contributed by atoms with Crippen molar-refractivity contribution in [2.75, 3.05) is 19.7 Å². The van der Waals surface area contributed by atoms with E-state index in [4.69, 9.17) is 4.74 Å². The summed E-state index contributed by atoms with van der Waals surface area (Å²) in [6.07, 6.45) is 14.3. The lowest BCUT2D eigenvalue weighted by molar-refractivity contribution is -0.193. The van der Waals surface area contributed by atoms with Crippen molar-refractivity contribution in [3.05, 3.63) is 23.3 Å². The molecule has 4 fully saturated rings. The molecule has 0 unspecified atom stereocenters. The second-order valence-electron chi connectivity index (χ2n) is 9.41. The van der Waals surface area contributed by atoms with Crippen molar-refractivity contribution in [2.45, 2.75) is 78.2 Å². The van der Waals surface area contributed by atoms with E-state index in [9.17, 15) is 0 Å². The second kappa shape index (κ2) is 8.39. The standard InChI is InChI=1S/C23H39NO/c1-17(2)6-5-7-18(3)8-9-24-10-11-25-23(4)21-13-19-12-20(15-21)16-22(23)14-19/h6,8,19-22,24H,5,7,9-16H2,1-4H3. The van der Waals surface area contributed by atoms with Crippen LogP contribution in [0.4, 0.5) is 0 Å². The minimum Gasteiger partial charge on any atom is -0.373 e. The molecule has 0 atom stereocenters. The molecule has 2 heteroatoms. The van der Waals surface area contributed by atoms with Gasteiger partial charge in [0.25, 0.3) is 0 Å². The molecule has 0 radical (unpaired) electrons. The van der Waals surface area contributed by atoms with Gasteiger partial charge in [0, 0.05) is 13.1 Å². The third-order valence-electron chi connectivity index (χ3n) is 7.14. The van der Waals surface area contributed by atoms with Crippen LogP contribution < -0.4 is 5.32 Å². The summed E-state index contributed by atoms with van der Waals surface area (Å²) in [5.74, 6) is 3.72. The molecule has 0 aromatic carbocycles. The first-order valence-corrected chi connectivity index (χ1v) is 10.6. The average molecular weight is 346 g/mol. The first-order valence-electron chi connectivity index (χ1n) is 10.6. The van der Waals surface area contributed by atoms with E-state index in [0.717, 1.165) is 49.8 Å². The van der Waals surface area contributed by atoms with Crippen molar-refractivity contribution < 1.29 is 4.74 Å². The fourth-order valence-electron chi connectivity index (χ4n) is 5.74. The third-order valence-corrected chi connectivity index (χ3v) is 7.14. The fourth-order valence-corrected chi connectivity index (χ4v) is 5.74. The summed E-state index contributed by atoms with van der Waals surface area (Å²) in [5, 5.41) is 3.54. The zero-order chi connectivity index (χ0) is 17.9. The quantitative estimate of drug-likeness (QED) is 0.440. The molecule has 2 nitrogen and oxygen atoms in total. The number of nitrogens with one attached hydrogen (secondary N) is 1. The van der Waals surface area contributed by atoms with Crippen molar-refractivity contribution in [2.24, 2.45) is 23.7 Å². The number of allylic oxidation sites excluding steroid dienone is 3. The third kappa shape index (κ3) is 4.77. The van der Waals surface area contributed by atoms with E-state index in [-0.39, 0.29) is 5.60 Å². The highest BCUT2D eigenvalue weighted by atomic mass is 16.5. The van der Waals surface area contributed by atoms with Crippen LogP contribution in [0.1, 0.15) is 72.6 Å². The van der Waals surface area contributed by atoms with Crippen molar-refractivity contribution in [3.8, 4) is 0 Å². The van der Waals surface area contributed by atoms with Gasteiger partial charge in [-0.25, -0.2) is 0 Å². The van der Waals surface area contributed by atoms with Crippen LogP contribution >= 0.6 is 0 Å². The Morgan fingerprint density at radius 3 is 2.24 bits per heavy atom. The van der Waals surface area contributed by atoms with Crippen LogP contribution in [0, 0.1) is 23.7 Å². The van der Waals surface area contributed by atoms with Crippen LogP contribution in [0.25, 0.3) is 0 Å². The Hall–Kier alpha value is -0.600. The molecule has 0 amide bonds. The Labute approximate surface area is 155 Å². The summed E-state index contributed by atoms with van der Waals surface area (Å²) < 4.78 is 6.51. The molecule has 25 heavy (non-hydrogen) atoms. The predicted molar refractivity (Wildman–Crippen MR) is 107 cm³/mol. The molecule has 1 N–H and O–H groups in total. The molecular formula is C23H39NO. The topological polar surface area (TPSA) is 21.3 Å². The summed E-state index contributed by atoms with van der Waals surface area (Å²) in [6, 6.07) is 0. The number of hydrogen-bond donors (Lipinski definition) is 1. The first kappa shape index (κ1) is 19.2. The Morgan fingerprint density at radius 2 is 1.64 bits per heavy atom. The molecule has 0 spiro atoms. The molecule has 4 bridgehead atoms. The maximum absolute atomic E-state index is 6.51. The van der Waals surface area contributed by atoms with E-state index in [0.29, 0.717) is 0 Å². The molecule has 4 rings (SSSR count). The Kier molecular flexibility index (Phi) is 6.44. The highest BCUT2D eigenvalue weighted by molar-refractivity contribution is 5.06. The van der Waals surface area contributed by atoms with Gasteiger partial charge >= 0.3 is 0 Å². The van der Waals surface area contributed by atoms with E-state index in [1.807, 2.05) is 0 Å². The summed E-state index contributed by atoms with van der Waals surface area (Å²) in [7, 11) is 0. The van der Waals surface area contributed by atoms with E-state index >= 15 is 0 Å². The Morgan fingerprint density at radius 1 is 1.00 bits per heavy atom. The van der Waals surface area contributed by atoms with Crippen LogP contribution in [-0.2, 0) is 4.74 Å². The number of rotatable bonds is 9. The molecule has 0 aromatic heterocycles. The highest BCUT2D eigenvalue weighted by Crippen LogP contribution is 2.59. The normalized spacial score (nSPS) is 36.7. The molecule has 0 heterocycles. The van der Waals surface area contributed by atoms with Crippen LogP contribution in [0.15, 0.2) is 23.3 Å². The average Bonchev–Trinajstić information content (AvgIpc) is 2.55. The van der Waals surface area contributed by atoms with Crippen LogP contribution in [0.3, 0.4) is 0 Å². The maximum Gasteiger partial charge on any atom is 0.0711 e. The largest absolute Gasteiger partial charge is 0.373 e.